The first-order valence-corrected chi connectivity index (χ1v) is 8.25. The fourth-order valence-corrected chi connectivity index (χ4v) is 2.43. The third-order valence-corrected chi connectivity index (χ3v) is 3.57. The molecule has 0 heterocycles. The van der Waals surface area contributed by atoms with Gasteiger partial charge in [0.15, 0.2) is 0 Å². The van der Waals surface area contributed by atoms with E-state index in [-0.39, 0.29) is 11.1 Å². The Balaban J connectivity index is 2.40. The second kappa shape index (κ2) is 7.48. The third-order valence-electron chi connectivity index (χ3n) is 2.61. The largest absolute Gasteiger partial charge is 0.375 e. The Morgan fingerprint density at radius 2 is 1.80 bits per heavy atom. The molecule has 0 fully saturated rings. The molecular weight excluding hydrogens is 266 g/mol. The molecule has 0 aliphatic carbocycles. The van der Waals surface area contributed by atoms with Crippen LogP contribution in [0.5, 0.6) is 0 Å². The summed E-state index contributed by atoms with van der Waals surface area (Å²) in [5.74, 6) is 0.993. The van der Waals surface area contributed by atoms with Crippen molar-refractivity contribution in [2.45, 2.75) is 64.1 Å². The zero-order valence-corrected chi connectivity index (χ0v) is 14.6. The zero-order chi connectivity index (χ0) is 15.2. The van der Waals surface area contributed by atoms with Crippen LogP contribution in [0.15, 0.2) is 29.2 Å². The van der Waals surface area contributed by atoms with Gasteiger partial charge >= 0.3 is 0 Å². The molecule has 0 atom stereocenters. The van der Waals surface area contributed by atoms with Crippen LogP contribution in [0.1, 0.15) is 47.1 Å². The van der Waals surface area contributed by atoms with E-state index in [1.54, 1.807) is 0 Å². The summed E-state index contributed by atoms with van der Waals surface area (Å²) >= 11 is 1.86. The number of nitrogens with one attached hydrogen (secondary N) is 1. The third kappa shape index (κ3) is 8.62. The molecule has 1 N–H and O–H groups in total. The number of thioether (sulfide) groups is 1. The Bertz CT molecular complexity index is 404. The van der Waals surface area contributed by atoms with E-state index in [1.807, 2.05) is 11.8 Å². The van der Waals surface area contributed by atoms with Gasteiger partial charge in [-0.25, -0.2) is 0 Å². The Morgan fingerprint density at radius 1 is 1.10 bits per heavy atom. The zero-order valence-electron chi connectivity index (χ0n) is 13.7. The summed E-state index contributed by atoms with van der Waals surface area (Å²) in [4.78, 5) is 1.32. The Kier molecular flexibility index (Phi) is 6.56. The van der Waals surface area contributed by atoms with Crippen LogP contribution in [-0.2, 0) is 11.3 Å². The lowest BCUT2D eigenvalue weighted by molar-refractivity contribution is 0.00695. The summed E-state index contributed by atoms with van der Waals surface area (Å²) in [5.41, 5.74) is 1.45. The van der Waals surface area contributed by atoms with Crippen LogP contribution in [0.2, 0.25) is 0 Å². The van der Waals surface area contributed by atoms with Crippen molar-refractivity contribution in [1.82, 2.24) is 5.32 Å². The van der Waals surface area contributed by atoms with Gasteiger partial charge in [-0.1, -0.05) is 12.1 Å². The minimum Gasteiger partial charge on any atom is -0.375 e. The van der Waals surface area contributed by atoms with Crippen LogP contribution in [0.3, 0.4) is 0 Å². The van der Waals surface area contributed by atoms with Crippen molar-refractivity contribution in [3.63, 3.8) is 0 Å². The minimum absolute atomic E-state index is 0.0426. The van der Waals surface area contributed by atoms with Crippen LogP contribution in [0.25, 0.3) is 0 Å². The molecule has 0 radical (unpaired) electrons. The second-order valence-electron chi connectivity index (χ2n) is 7.06. The molecule has 1 aromatic carbocycles. The average Bonchev–Trinajstić information content (AvgIpc) is 2.31. The summed E-state index contributed by atoms with van der Waals surface area (Å²) in [6.07, 6.45) is 0. The Morgan fingerprint density at radius 3 is 2.40 bits per heavy atom. The lowest BCUT2D eigenvalue weighted by Crippen LogP contribution is -2.35. The smallest absolute Gasteiger partial charge is 0.0598 e. The predicted molar refractivity (Wildman–Crippen MR) is 89.5 cm³/mol. The van der Waals surface area contributed by atoms with Gasteiger partial charge in [0, 0.05) is 22.7 Å². The number of rotatable bonds is 6. The molecule has 114 valence electrons. The number of hydrogen-bond donors (Lipinski definition) is 1. The Hall–Kier alpha value is -0.510. The standard InChI is InChI=1S/C17H29NOS/c1-16(2,3)18-13-14-8-7-9-15(12-14)20-11-10-19-17(4,5)6/h7-9,12,18H,10-11,13H2,1-6H3. The van der Waals surface area contributed by atoms with Gasteiger partial charge in [-0.05, 0) is 59.2 Å². The number of ether oxygens (including phenoxy) is 1. The van der Waals surface area contributed by atoms with Gasteiger partial charge in [0.1, 0.15) is 0 Å². The second-order valence-corrected chi connectivity index (χ2v) is 8.23. The van der Waals surface area contributed by atoms with Gasteiger partial charge in [-0.2, -0.15) is 0 Å². The van der Waals surface area contributed by atoms with E-state index in [0.717, 1.165) is 18.9 Å². The molecular formula is C17H29NOS. The van der Waals surface area contributed by atoms with Crippen molar-refractivity contribution in [2.75, 3.05) is 12.4 Å². The summed E-state index contributed by atoms with van der Waals surface area (Å²) in [7, 11) is 0. The fraction of sp³-hybridized carbons (Fsp3) is 0.647. The molecule has 2 nitrogen and oxygen atoms in total. The molecule has 0 unspecified atom stereocenters. The first-order valence-electron chi connectivity index (χ1n) is 7.26. The Labute approximate surface area is 128 Å². The molecule has 1 rings (SSSR count). The maximum Gasteiger partial charge on any atom is 0.0598 e. The van der Waals surface area contributed by atoms with Crippen molar-refractivity contribution >= 4 is 11.8 Å². The molecule has 0 saturated carbocycles. The van der Waals surface area contributed by atoms with E-state index < -0.39 is 0 Å². The highest BCUT2D eigenvalue weighted by molar-refractivity contribution is 7.99. The van der Waals surface area contributed by atoms with Gasteiger partial charge in [0.25, 0.3) is 0 Å². The lowest BCUT2D eigenvalue weighted by Gasteiger charge is -2.21. The normalized spacial score (nSPS) is 12.7. The number of hydrogen-bond acceptors (Lipinski definition) is 3. The molecule has 0 aliphatic rings. The fourth-order valence-electron chi connectivity index (χ4n) is 1.62. The molecule has 0 bridgehead atoms. The van der Waals surface area contributed by atoms with Crippen LogP contribution >= 0.6 is 11.8 Å². The highest BCUT2D eigenvalue weighted by Crippen LogP contribution is 2.20. The monoisotopic (exact) mass is 295 g/mol. The molecule has 0 saturated heterocycles. The van der Waals surface area contributed by atoms with Gasteiger partial charge < -0.3 is 10.1 Å². The van der Waals surface area contributed by atoms with Crippen molar-refractivity contribution in [1.29, 1.82) is 0 Å². The topological polar surface area (TPSA) is 21.3 Å². The highest BCUT2D eigenvalue weighted by Gasteiger charge is 2.10. The summed E-state index contributed by atoms with van der Waals surface area (Å²) in [5, 5.41) is 3.52. The molecule has 20 heavy (non-hydrogen) atoms. The van der Waals surface area contributed by atoms with E-state index >= 15 is 0 Å². The van der Waals surface area contributed by atoms with Crippen molar-refractivity contribution in [3.8, 4) is 0 Å². The maximum absolute atomic E-state index is 5.74. The van der Waals surface area contributed by atoms with E-state index in [9.17, 15) is 0 Å². The van der Waals surface area contributed by atoms with Crippen molar-refractivity contribution < 1.29 is 4.74 Å². The minimum atomic E-state index is -0.0426. The maximum atomic E-state index is 5.74. The van der Waals surface area contributed by atoms with Crippen LogP contribution in [0, 0.1) is 0 Å². The molecule has 0 aromatic heterocycles. The van der Waals surface area contributed by atoms with Crippen molar-refractivity contribution in [3.05, 3.63) is 29.8 Å². The van der Waals surface area contributed by atoms with Gasteiger partial charge in [-0.3, -0.25) is 0 Å². The molecule has 0 aliphatic heterocycles. The number of benzene rings is 1. The first kappa shape index (κ1) is 17.5. The predicted octanol–water partition coefficient (Wildman–Crippen LogP) is 4.48. The molecule has 1 aromatic rings. The summed E-state index contributed by atoms with van der Waals surface area (Å²) in [6, 6.07) is 8.74. The van der Waals surface area contributed by atoms with E-state index in [1.165, 1.54) is 10.5 Å². The van der Waals surface area contributed by atoms with Gasteiger partial charge in [0.05, 0.1) is 12.2 Å². The van der Waals surface area contributed by atoms with Gasteiger partial charge in [-0.15, -0.1) is 11.8 Å². The molecule has 3 heteroatoms. The van der Waals surface area contributed by atoms with Crippen LogP contribution < -0.4 is 5.32 Å². The highest BCUT2D eigenvalue weighted by atomic mass is 32.2. The summed E-state index contributed by atoms with van der Waals surface area (Å²) < 4.78 is 5.74. The average molecular weight is 295 g/mol. The summed E-state index contributed by atoms with van der Waals surface area (Å²) in [6.45, 7) is 14.6. The van der Waals surface area contributed by atoms with E-state index in [0.29, 0.717) is 0 Å². The molecule has 0 amide bonds. The molecule has 0 spiro atoms. The van der Waals surface area contributed by atoms with Crippen molar-refractivity contribution in [2.24, 2.45) is 0 Å². The van der Waals surface area contributed by atoms with E-state index in [4.69, 9.17) is 4.74 Å². The van der Waals surface area contributed by atoms with Crippen LogP contribution in [0.4, 0.5) is 0 Å². The SMILES string of the molecule is CC(C)(C)NCc1cccc(SCCOC(C)(C)C)c1. The quantitative estimate of drug-likeness (QED) is 0.617. The first-order chi connectivity index (χ1) is 9.16. The van der Waals surface area contributed by atoms with Gasteiger partial charge in [0.2, 0.25) is 0 Å². The van der Waals surface area contributed by atoms with E-state index in [2.05, 4.69) is 71.1 Å². The lowest BCUT2D eigenvalue weighted by atomic mass is 10.1. The van der Waals surface area contributed by atoms with Crippen LogP contribution in [-0.4, -0.2) is 23.5 Å².